The van der Waals surface area contributed by atoms with E-state index in [0.717, 1.165) is 22.0 Å². The van der Waals surface area contributed by atoms with Gasteiger partial charge in [0.1, 0.15) is 24.2 Å². The molecule has 5 amide bonds. The topological polar surface area (TPSA) is 165 Å². The third kappa shape index (κ3) is 7.57. The number of amides is 5. The van der Waals surface area contributed by atoms with E-state index in [-0.39, 0.29) is 31.5 Å². The van der Waals surface area contributed by atoms with Crippen LogP contribution in [0.4, 0.5) is 0 Å². The predicted octanol–water partition coefficient (Wildman–Crippen LogP) is 1.48. The van der Waals surface area contributed by atoms with Crippen molar-refractivity contribution < 1.29 is 24.0 Å². The van der Waals surface area contributed by atoms with Crippen molar-refractivity contribution in [2.75, 3.05) is 13.1 Å². The van der Waals surface area contributed by atoms with Gasteiger partial charge in [0.25, 0.3) is 5.91 Å². The summed E-state index contributed by atoms with van der Waals surface area (Å²) in [4.78, 5) is 76.3. The summed E-state index contributed by atoms with van der Waals surface area (Å²) in [5.41, 5.74) is 2.76. The molecule has 1 aliphatic rings. The van der Waals surface area contributed by atoms with E-state index >= 15 is 0 Å². The number of nitrogens with zero attached hydrogens (tertiary/aromatic N) is 2. The lowest BCUT2D eigenvalue weighted by Crippen LogP contribution is -2.57. The van der Waals surface area contributed by atoms with E-state index in [9.17, 15) is 24.0 Å². The highest BCUT2D eigenvalue weighted by Crippen LogP contribution is 2.20. The highest BCUT2D eigenvalue weighted by Gasteiger charge is 2.33. The molecule has 2 aromatic carbocycles. The number of H-pyrrole nitrogens is 1. The molecule has 5 rings (SSSR count). The zero-order chi connectivity index (χ0) is 32.6. The number of fused-ring (bicyclic) bond motifs is 1. The van der Waals surface area contributed by atoms with Crippen molar-refractivity contribution in [3.63, 3.8) is 0 Å². The maximum atomic E-state index is 13.7. The van der Waals surface area contributed by atoms with E-state index in [1.54, 1.807) is 25.3 Å². The molecule has 4 aromatic rings. The number of rotatable bonds is 5. The first kappa shape index (κ1) is 31.9. The molecule has 0 unspecified atom stereocenters. The molecule has 238 valence electrons. The molecule has 12 heteroatoms. The Labute approximate surface area is 266 Å². The highest BCUT2D eigenvalue weighted by atomic mass is 16.2. The standard InChI is InChI=1S/C34H37N7O5/c1-21-30(42)39-28(17-23-9-4-3-5-10-23)32(44)36-15-16-41(34(46)24-11-8-14-35-19-24)22(2)31(43)40-29(33(45)38-21)18-25-20-37-27-13-7-6-12-26(25)27/h3-14,19-22,28-29,37H,15-18H2,1-2H3,(H,36,44)(H,38,45)(H,39,42)(H,40,43)/t21-,22+,28-,29+/m0/s1. The second-order valence-electron chi connectivity index (χ2n) is 11.3. The number of carbonyl (C=O) groups is 5. The van der Waals surface area contributed by atoms with Gasteiger partial charge < -0.3 is 31.2 Å². The molecule has 12 nitrogen and oxygen atoms in total. The van der Waals surface area contributed by atoms with Gasteiger partial charge in [-0.25, -0.2) is 0 Å². The van der Waals surface area contributed by atoms with Crippen molar-refractivity contribution >= 4 is 40.4 Å². The van der Waals surface area contributed by atoms with Crippen LogP contribution in [0.15, 0.2) is 85.3 Å². The summed E-state index contributed by atoms with van der Waals surface area (Å²) in [6, 6.07) is 16.0. The van der Waals surface area contributed by atoms with Gasteiger partial charge in [-0.2, -0.15) is 0 Å². The molecule has 46 heavy (non-hydrogen) atoms. The van der Waals surface area contributed by atoms with Crippen LogP contribution in [0.25, 0.3) is 10.9 Å². The van der Waals surface area contributed by atoms with Gasteiger partial charge in [-0.05, 0) is 43.2 Å². The number of nitrogens with one attached hydrogen (secondary N) is 5. The fourth-order valence-corrected chi connectivity index (χ4v) is 5.45. The van der Waals surface area contributed by atoms with E-state index in [1.165, 1.54) is 24.2 Å². The summed E-state index contributed by atoms with van der Waals surface area (Å²) >= 11 is 0. The zero-order valence-electron chi connectivity index (χ0n) is 25.7. The number of carbonyl (C=O) groups excluding carboxylic acids is 5. The zero-order valence-corrected chi connectivity index (χ0v) is 25.7. The lowest BCUT2D eigenvalue weighted by atomic mass is 10.0. The number of benzene rings is 2. The van der Waals surface area contributed by atoms with Crippen LogP contribution in [-0.4, -0.2) is 81.7 Å². The fraction of sp³-hybridized carbons (Fsp3) is 0.294. The molecule has 1 fully saturated rings. The average molecular weight is 624 g/mol. The number of aromatic nitrogens is 2. The van der Waals surface area contributed by atoms with Gasteiger partial charge in [-0.15, -0.1) is 0 Å². The van der Waals surface area contributed by atoms with Gasteiger partial charge in [0.15, 0.2) is 0 Å². The lowest BCUT2D eigenvalue weighted by Gasteiger charge is -2.30. The Bertz CT molecular complexity index is 1710. The number of hydrogen-bond donors (Lipinski definition) is 5. The van der Waals surface area contributed by atoms with Crippen LogP contribution in [-0.2, 0) is 32.0 Å². The van der Waals surface area contributed by atoms with Crippen molar-refractivity contribution in [2.45, 2.75) is 50.9 Å². The van der Waals surface area contributed by atoms with Crippen LogP contribution < -0.4 is 21.3 Å². The van der Waals surface area contributed by atoms with Crippen molar-refractivity contribution in [1.82, 2.24) is 36.1 Å². The summed E-state index contributed by atoms with van der Waals surface area (Å²) < 4.78 is 0. The first-order chi connectivity index (χ1) is 22.2. The molecule has 0 saturated carbocycles. The maximum Gasteiger partial charge on any atom is 0.256 e. The Morgan fingerprint density at radius 3 is 2.28 bits per heavy atom. The Hall–Kier alpha value is -5.52. The van der Waals surface area contributed by atoms with Crippen LogP contribution in [0.1, 0.15) is 35.3 Å². The Kier molecular flexibility index (Phi) is 10.1. The van der Waals surface area contributed by atoms with E-state index in [4.69, 9.17) is 0 Å². The first-order valence-electron chi connectivity index (χ1n) is 15.2. The SMILES string of the molecule is C[C@@H]1NC(=O)[C@@H](Cc2c[nH]c3ccccc23)NC(=O)[C@@H](C)N(C(=O)c2cccnc2)CCNC(=O)[C@H](Cc2ccccc2)NC1=O. The smallest absolute Gasteiger partial charge is 0.256 e. The van der Waals surface area contributed by atoms with Crippen LogP contribution in [0.3, 0.4) is 0 Å². The number of para-hydroxylation sites is 1. The molecule has 3 heterocycles. The molecule has 1 saturated heterocycles. The predicted molar refractivity (Wildman–Crippen MR) is 171 cm³/mol. The summed E-state index contributed by atoms with van der Waals surface area (Å²) in [6.45, 7) is 3.07. The van der Waals surface area contributed by atoms with Crippen molar-refractivity contribution in [3.05, 3.63) is 102 Å². The van der Waals surface area contributed by atoms with E-state index < -0.39 is 53.7 Å². The summed E-state index contributed by atoms with van der Waals surface area (Å²) in [6.07, 6.45) is 5.05. The highest BCUT2D eigenvalue weighted by molar-refractivity contribution is 5.99. The minimum atomic E-state index is -1.08. The van der Waals surface area contributed by atoms with E-state index in [0.29, 0.717) is 0 Å². The maximum absolute atomic E-state index is 13.7. The molecule has 0 bridgehead atoms. The van der Waals surface area contributed by atoms with Crippen LogP contribution in [0.2, 0.25) is 0 Å². The van der Waals surface area contributed by atoms with Gasteiger partial charge in [0, 0.05) is 55.4 Å². The van der Waals surface area contributed by atoms with E-state index in [1.807, 2.05) is 54.6 Å². The summed E-state index contributed by atoms with van der Waals surface area (Å²) in [7, 11) is 0. The van der Waals surface area contributed by atoms with Crippen LogP contribution in [0.5, 0.6) is 0 Å². The summed E-state index contributed by atoms with van der Waals surface area (Å²) in [5, 5.41) is 12.0. The van der Waals surface area contributed by atoms with Crippen LogP contribution in [0, 0.1) is 0 Å². The second-order valence-corrected chi connectivity index (χ2v) is 11.3. The second kappa shape index (κ2) is 14.5. The Morgan fingerprint density at radius 1 is 0.804 bits per heavy atom. The molecule has 2 aromatic heterocycles. The molecule has 5 N–H and O–H groups in total. The minimum Gasteiger partial charge on any atom is -0.361 e. The van der Waals surface area contributed by atoms with E-state index in [2.05, 4.69) is 31.2 Å². The summed E-state index contributed by atoms with van der Waals surface area (Å²) in [5.74, 6) is -2.64. The molecular weight excluding hydrogens is 586 g/mol. The number of hydrogen-bond acceptors (Lipinski definition) is 6. The lowest BCUT2D eigenvalue weighted by molar-refractivity contribution is -0.133. The molecule has 4 atom stereocenters. The van der Waals surface area contributed by atoms with Gasteiger partial charge in [-0.3, -0.25) is 29.0 Å². The van der Waals surface area contributed by atoms with Gasteiger partial charge >= 0.3 is 0 Å². The van der Waals surface area contributed by atoms with Gasteiger partial charge in [-0.1, -0.05) is 48.5 Å². The molecule has 0 aliphatic carbocycles. The fourth-order valence-electron chi connectivity index (χ4n) is 5.45. The quantitative estimate of drug-likeness (QED) is 0.226. The number of pyridine rings is 1. The van der Waals surface area contributed by atoms with Crippen molar-refractivity contribution in [2.24, 2.45) is 0 Å². The van der Waals surface area contributed by atoms with Gasteiger partial charge in [0.05, 0.1) is 5.56 Å². The third-order valence-electron chi connectivity index (χ3n) is 8.07. The van der Waals surface area contributed by atoms with Crippen molar-refractivity contribution in [3.8, 4) is 0 Å². The molecular formula is C34H37N7O5. The molecule has 0 spiro atoms. The normalized spacial score (nSPS) is 21.7. The Balaban J connectivity index is 1.47. The number of aromatic amines is 1. The minimum absolute atomic E-state index is 0.00905. The average Bonchev–Trinajstić information content (AvgIpc) is 3.48. The first-order valence-corrected chi connectivity index (χ1v) is 15.2. The van der Waals surface area contributed by atoms with Crippen molar-refractivity contribution in [1.29, 1.82) is 0 Å². The van der Waals surface area contributed by atoms with Gasteiger partial charge in [0.2, 0.25) is 23.6 Å². The molecule has 0 radical (unpaired) electrons. The van der Waals surface area contributed by atoms with Crippen LogP contribution >= 0.6 is 0 Å². The molecule has 1 aliphatic heterocycles. The Morgan fingerprint density at radius 2 is 1.52 bits per heavy atom. The third-order valence-corrected chi connectivity index (χ3v) is 8.07. The monoisotopic (exact) mass is 623 g/mol. The largest absolute Gasteiger partial charge is 0.361 e.